The van der Waals surface area contributed by atoms with Crippen molar-refractivity contribution in [2.45, 2.75) is 89.6 Å². The number of rotatable bonds is 1. The third-order valence-electron chi connectivity index (χ3n) is 8.33. The minimum absolute atomic E-state index is 0.240. The first-order valence-electron chi connectivity index (χ1n) is 15.2. The smallest absolute Gasteiger partial charge is 0.343 e. The van der Waals surface area contributed by atoms with Crippen molar-refractivity contribution in [2.24, 2.45) is 5.92 Å². The van der Waals surface area contributed by atoms with Crippen molar-refractivity contribution in [1.82, 2.24) is 26.1 Å². The number of aromatic nitrogens is 1. The molecule has 4 heterocycles. The van der Waals surface area contributed by atoms with E-state index in [0.29, 0.717) is 38.1 Å². The van der Waals surface area contributed by atoms with Crippen LogP contribution in [0.5, 0.6) is 0 Å². The van der Waals surface area contributed by atoms with Gasteiger partial charge in [0, 0.05) is 18.5 Å². The highest BCUT2D eigenvalue weighted by Crippen LogP contribution is 2.31. The lowest BCUT2D eigenvalue weighted by Crippen LogP contribution is -2.61. The van der Waals surface area contributed by atoms with Crippen LogP contribution in [-0.2, 0) is 28.7 Å². The standard InChI is InChI=1S/C32H41N5O6/c1-19(2)27-29(39)34-21(4)30(40)37-16-7-8-25(36-37)28(38)33-20(3)24-12-11-23-10-9-22(18-26(23)35-24)13-15-32(31(41)43-27)14-5-6-17-42-32/h9-13,15,18-21,25,27,36H,5-8,14,16-17H2,1-4H3,(H,33,38)(H,34,39)/b15-13+/t20-,21?,25?,27?,32?/m1/s1. The summed E-state index contributed by atoms with van der Waals surface area (Å²) in [7, 11) is 0. The summed E-state index contributed by atoms with van der Waals surface area (Å²) >= 11 is 0. The van der Waals surface area contributed by atoms with Gasteiger partial charge in [0.15, 0.2) is 11.7 Å². The van der Waals surface area contributed by atoms with Gasteiger partial charge in [-0.2, -0.15) is 0 Å². The second kappa shape index (κ2) is 12.8. The fourth-order valence-electron chi connectivity index (χ4n) is 5.72. The van der Waals surface area contributed by atoms with E-state index >= 15 is 0 Å². The lowest BCUT2D eigenvalue weighted by molar-refractivity contribution is -0.181. The first-order valence-corrected chi connectivity index (χ1v) is 15.2. The highest BCUT2D eigenvalue weighted by atomic mass is 16.6. The number of ether oxygens (including phenoxy) is 2. The molecule has 230 valence electrons. The number of hydrogen-bond acceptors (Lipinski definition) is 8. The maximum atomic E-state index is 13.7. The topological polar surface area (TPSA) is 139 Å². The maximum Gasteiger partial charge on any atom is 0.343 e. The molecule has 0 saturated carbocycles. The largest absolute Gasteiger partial charge is 0.450 e. The van der Waals surface area contributed by atoms with Crippen molar-refractivity contribution in [3.8, 4) is 0 Å². The van der Waals surface area contributed by atoms with E-state index in [-0.39, 0.29) is 23.8 Å². The van der Waals surface area contributed by atoms with Crippen LogP contribution in [0.25, 0.3) is 17.0 Å². The fraction of sp³-hybridized carbons (Fsp3) is 0.531. The molecule has 5 atom stereocenters. The summed E-state index contributed by atoms with van der Waals surface area (Å²) in [5, 5.41) is 8.06. The highest BCUT2D eigenvalue weighted by Gasteiger charge is 2.43. The lowest BCUT2D eigenvalue weighted by atomic mass is 9.92. The quantitative estimate of drug-likeness (QED) is 0.431. The Hall–Kier alpha value is -3.83. The third kappa shape index (κ3) is 6.73. The molecule has 3 aliphatic heterocycles. The number of carbonyl (C=O) groups excluding carboxylic acids is 4. The highest BCUT2D eigenvalue weighted by molar-refractivity contribution is 5.92. The minimum Gasteiger partial charge on any atom is -0.450 e. The van der Waals surface area contributed by atoms with Gasteiger partial charge in [0.2, 0.25) is 5.91 Å². The number of benzene rings is 1. The molecule has 0 radical (unpaired) electrons. The van der Waals surface area contributed by atoms with Crippen molar-refractivity contribution >= 4 is 40.7 Å². The zero-order valence-corrected chi connectivity index (χ0v) is 25.2. The molecule has 11 nitrogen and oxygen atoms in total. The van der Waals surface area contributed by atoms with Gasteiger partial charge < -0.3 is 20.1 Å². The van der Waals surface area contributed by atoms with E-state index in [1.807, 2.05) is 43.3 Å². The number of nitrogens with one attached hydrogen (secondary N) is 3. The molecule has 2 aromatic rings. The van der Waals surface area contributed by atoms with Crippen LogP contribution in [-0.4, -0.2) is 70.6 Å². The molecule has 1 spiro atoms. The molecule has 11 heteroatoms. The van der Waals surface area contributed by atoms with Gasteiger partial charge >= 0.3 is 5.97 Å². The van der Waals surface area contributed by atoms with Gasteiger partial charge in [-0.15, -0.1) is 0 Å². The fourth-order valence-corrected chi connectivity index (χ4v) is 5.72. The summed E-state index contributed by atoms with van der Waals surface area (Å²) in [5.41, 5.74) is 3.94. The van der Waals surface area contributed by atoms with Gasteiger partial charge in [-0.25, -0.2) is 10.2 Å². The van der Waals surface area contributed by atoms with Crippen LogP contribution in [0.1, 0.15) is 77.1 Å². The molecular formula is C32H41N5O6. The molecule has 3 aliphatic rings. The Morgan fingerprint density at radius 2 is 1.74 bits per heavy atom. The van der Waals surface area contributed by atoms with Gasteiger partial charge in [0.25, 0.3) is 11.8 Å². The number of esters is 1. The predicted octanol–water partition coefficient (Wildman–Crippen LogP) is 2.95. The van der Waals surface area contributed by atoms with Crippen LogP contribution in [0.2, 0.25) is 0 Å². The number of carbonyl (C=O) groups is 4. The van der Waals surface area contributed by atoms with Crippen molar-refractivity contribution in [3.63, 3.8) is 0 Å². The van der Waals surface area contributed by atoms with E-state index in [9.17, 15) is 19.2 Å². The SMILES string of the molecule is CC1NC(=O)C(C(C)C)OC(=O)C2(/C=C/c3ccc4ccc(nc4c3)[C@@H](C)NC(=O)C3CCCN(N3)C1=O)CCCCO2. The molecule has 4 unspecified atom stereocenters. The molecule has 2 saturated heterocycles. The van der Waals surface area contributed by atoms with Gasteiger partial charge in [-0.3, -0.25) is 24.4 Å². The molecule has 2 fully saturated rings. The first kappa shape index (κ1) is 30.6. The van der Waals surface area contributed by atoms with Crippen LogP contribution in [0.15, 0.2) is 36.4 Å². The molecule has 1 aromatic heterocycles. The van der Waals surface area contributed by atoms with E-state index < -0.39 is 35.7 Å². The van der Waals surface area contributed by atoms with Gasteiger partial charge in [-0.1, -0.05) is 38.1 Å². The van der Waals surface area contributed by atoms with E-state index in [0.717, 1.165) is 29.3 Å². The Kier molecular flexibility index (Phi) is 9.12. The number of amides is 3. The average molecular weight is 592 g/mol. The normalized spacial score (nSPS) is 30.2. The van der Waals surface area contributed by atoms with Crippen LogP contribution < -0.4 is 16.1 Å². The molecule has 3 amide bonds. The zero-order chi connectivity index (χ0) is 30.7. The summed E-state index contributed by atoms with van der Waals surface area (Å²) in [4.78, 5) is 58.4. The monoisotopic (exact) mass is 591 g/mol. The summed E-state index contributed by atoms with van der Waals surface area (Å²) in [6.07, 6.45) is 5.57. The summed E-state index contributed by atoms with van der Waals surface area (Å²) in [6.45, 7) is 7.79. The summed E-state index contributed by atoms with van der Waals surface area (Å²) < 4.78 is 11.9. The van der Waals surface area contributed by atoms with E-state index in [2.05, 4.69) is 16.1 Å². The maximum absolute atomic E-state index is 13.7. The number of hydrazine groups is 1. The Morgan fingerprint density at radius 1 is 0.977 bits per heavy atom. The average Bonchev–Trinajstić information content (AvgIpc) is 3.01. The summed E-state index contributed by atoms with van der Waals surface area (Å²) in [6, 6.07) is 7.75. The third-order valence-corrected chi connectivity index (χ3v) is 8.33. The van der Waals surface area contributed by atoms with Gasteiger partial charge in [-0.05, 0) is 75.6 Å². The number of hydrogen-bond donors (Lipinski definition) is 3. The molecule has 5 bridgehead atoms. The first-order chi connectivity index (χ1) is 20.6. The van der Waals surface area contributed by atoms with Gasteiger partial charge in [0.1, 0.15) is 12.1 Å². The molecule has 5 rings (SSSR count). The Labute approximate surface area is 251 Å². The number of cyclic esters (lactones) is 1. The lowest BCUT2D eigenvalue weighted by Gasteiger charge is -2.36. The van der Waals surface area contributed by atoms with Crippen LogP contribution >= 0.6 is 0 Å². The summed E-state index contributed by atoms with van der Waals surface area (Å²) in [5.74, 6) is -2.19. The predicted molar refractivity (Wildman–Crippen MR) is 160 cm³/mol. The van der Waals surface area contributed by atoms with Crippen molar-refractivity contribution in [2.75, 3.05) is 13.2 Å². The molecular weight excluding hydrogens is 550 g/mol. The second-order valence-corrected chi connectivity index (χ2v) is 12.1. The second-order valence-electron chi connectivity index (χ2n) is 12.1. The van der Waals surface area contributed by atoms with Crippen molar-refractivity contribution in [3.05, 3.63) is 47.7 Å². The van der Waals surface area contributed by atoms with E-state index in [1.54, 1.807) is 26.8 Å². The zero-order valence-electron chi connectivity index (χ0n) is 25.2. The van der Waals surface area contributed by atoms with E-state index in [1.165, 1.54) is 5.01 Å². The number of pyridine rings is 1. The van der Waals surface area contributed by atoms with Gasteiger partial charge in [0.05, 0.1) is 17.3 Å². The van der Waals surface area contributed by atoms with Crippen LogP contribution in [0.3, 0.4) is 0 Å². The molecule has 0 aliphatic carbocycles. The Morgan fingerprint density at radius 3 is 2.49 bits per heavy atom. The number of nitrogens with zero attached hydrogens (tertiary/aromatic N) is 2. The Balaban J connectivity index is 1.53. The molecule has 3 N–H and O–H groups in total. The Bertz CT molecular complexity index is 1420. The van der Waals surface area contributed by atoms with Crippen LogP contribution in [0, 0.1) is 5.92 Å². The van der Waals surface area contributed by atoms with E-state index in [4.69, 9.17) is 14.5 Å². The molecule has 1 aromatic carbocycles. The minimum atomic E-state index is -1.35. The van der Waals surface area contributed by atoms with Crippen molar-refractivity contribution in [1.29, 1.82) is 0 Å². The molecule has 43 heavy (non-hydrogen) atoms. The van der Waals surface area contributed by atoms with Crippen LogP contribution in [0.4, 0.5) is 0 Å². The number of fused-ring (bicyclic) bond motifs is 4. The van der Waals surface area contributed by atoms with Crippen molar-refractivity contribution < 1.29 is 28.7 Å².